The first-order valence-corrected chi connectivity index (χ1v) is 17.6. The second-order valence-corrected chi connectivity index (χ2v) is 15.2. The minimum Gasteiger partial charge on any atom is -0.378 e. The lowest BCUT2D eigenvalue weighted by molar-refractivity contribution is -0.120. The van der Waals surface area contributed by atoms with Crippen molar-refractivity contribution in [2.24, 2.45) is 5.14 Å². The number of likely N-dealkylation sites (tertiary alicyclic amines) is 1. The third-order valence-corrected chi connectivity index (χ3v) is 11.0. The maximum absolute atomic E-state index is 13.6. The van der Waals surface area contributed by atoms with Crippen molar-refractivity contribution in [1.29, 1.82) is 0 Å². The molecule has 1 aromatic heterocycles. The van der Waals surface area contributed by atoms with Crippen LogP contribution in [0.1, 0.15) is 26.2 Å². The molecule has 232 valence electrons. The summed E-state index contributed by atoms with van der Waals surface area (Å²) >= 11 is 1.02. The molecule has 2 amide bonds. The van der Waals surface area contributed by atoms with Gasteiger partial charge in [-0.2, -0.15) is 0 Å². The van der Waals surface area contributed by atoms with Crippen LogP contribution in [0.4, 0.5) is 4.39 Å². The van der Waals surface area contributed by atoms with Gasteiger partial charge in [0.2, 0.25) is 15.9 Å². The molecular weight excluding hydrogens is 632 g/mol. The molecule has 1 saturated heterocycles. The molecule has 1 fully saturated rings. The number of sulfonamides is 1. The average Bonchev–Trinajstić information content (AvgIpc) is 3.35. The van der Waals surface area contributed by atoms with Gasteiger partial charge >= 0.3 is 0 Å². The maximum Gasteiger partial charge on any atom is 0.254 e. The summed E-state index contributed by atoms with van der Waals surface area (Å²) in [6.45, 7) is 0.705. The van der Waals surface area contributed by atoms with Crippen molar-refractivity contribution in [2.45, 2.75) is 17.1 Å². The zero-order chi connectivity index (χ0) is 31.6. The molecule has 0 spiro atoms. The van der Waals surface area contributed by atoms with Crippen LogP contribution < -0.4 is 10.5 Å². The molecule has 3 aromatic carbocycles. The predicted octanol–water partition coefficient (Wildman–Crippen LogP) is 2.63. The van der Waals surface area contributed by atoms with Crippen LogP contribution in [0.2, 0.25) is 0 Å². The largest absolute Gasteiger partial charge is 0.378 e. The van der Waals surface area contributed by atoms with Crippen molar-refractivity contribution in [3.05, 3.63) is 88.7 Å². The molecule has 1 aliphatic rings. The fourth-order valence-corrected chi connectivity index (χ4v) is 8.26. The molecule has 3 N–H and O–H groups in total. The van der Waals surface area contributed by atoms with E-state index in [9.17, 15) is 30.8 Å². The Morgan fingerprint density at radius 2 is 1.70 bits per heavy atom. The molecule has 15 heteroatoms. The second-order valence-electron chi connectivity index (χ2n) is 10.4. The van der Waals surface area contributed by atoms with E-state index in [4.69, 9.17) is 9.88 Å². The van der Waals surface area contributed by atoms with E-state index in [1.165, 1.54) is 12.1 Å². The van der Waals surface area contributed by atoms with Gasteiger partial charge in [-0.05, 0) is 53.1 Å². The highest BCUT2D eigenvalue weighted by Crippen LogP contribution is 2.35. The first-order chi connectivity index (χ1) is 20.8. The van der Waals surface area contributed by atoms with Gasteiger partial charge < -0.3 is 15.0 Å². The molecular formula is C29H29FN4O7S3. The molecule has 2 heterocycles. The molecule has 1 unspecified atom stereocenters. The number of amides is 2. The number of nitrogens with one attached hydrogen (secondary N) is 1. The summed E-state index contributed by atoms with van der Waals surface area (Å²) < 4.78 is 69.1. The van der Waals surface area contributed by atoms with Crippen molar-refractivity contribution in [1.82, 2.24) is 15.2 Å². The number of nitrogens with zero attached hydrogens (tertiary/aromatic N) is 2. The molecule has 0 bridgehead atoms. The molecule has 1 atom stereocenters. The molecule has 1 aliphatic heterocycles. The number of nitrogens with two attached hydrogens (primary N) is 1. The lowest BCUT2D eigenvalue weighted by Crippen LogP contribution is -2.54. The number of hydrogen-bond acceptors (Lipinski definition) is 9. The quantitative estimate of drug-likeness (QED) is 0.248. The van der Waals surface area contributed by atoms with E-state index in [1.807, 2.05) is 18.2 Å². The van der Waals surface area contributed by atoms with E-state index in [-0.39, 0.29) is 22.6 Å². The Kier molecular flexibility index (Phi) is 9.13. The van der Waals surface area contributed by atoms with E-state index in [2.05, 4.69) is 10.3 Å². The predicted molar refractivity (Wildman–Crippen MR) is 165 cm³/mol. The van der Waals surface area contributed by atoms with Crippen LogP contribution in [0.25, 0.3) is 21.3 Å². The van der Waals surface area contributed by atoms with Gasteiger partial charge in [0, 0.05) is 32.3 Å². The summed E-state index contributed by atoms with van der Waals surface area (Å²) in [4.78, 5) is 32.1. The standard InChI is InChI=1S/C29H29FN4O7S3/c1-41-23-15-34(16-23)29(36)20-6-4-19(5-7-20)21-8-11-24-25(14-21)42-28(33-24)26(27(35)32-12-13-44(31,39)40)43(37,38)17-18-2-9-22(30)10-3-18/h2-11,14,23,26H,12-13,15-17H2,1H3,(H,32,35)(H2,31,39,40). The highest BCUT2D eigenvalue weighted by atomic mass is 32.2. The zero-order valence-corrected chi connectivity index (χ0v) is 25.9. The van der Waals surface area contributed by atoms with Gasteiger partial charge in [0.25, 0.3) is 5.91 Å². The van der Waals surface area contributed by atoms with Crippen LogP contribution in [0.3, 0.4) is 0 Å². The first-order valence-electron chi connectivity index (χ1n) is 13.4. The number of ether oxygens (including phenoxy) is 1. The molecule has 4 aromatic rings. The number of aromatic nitrogens is 1. The Bertz CT molecular complexity index is 1910. The van der Waals surface area contributed by atoms with Crippen LogP contribution >= 0.6 is 11.3 Å². The van der Waals surface area contributed by atoms with Crippen molar-refractivity contribution in [2.75, 3.05) is 32.5 Å². The fourth-order valence-electron chi connectivity index (χ4n) is 4.71. The van der Waals surface area contributed by atoms with Gasteiger partial charge in [-0.15, -0.1) is 11.3 Å². The number of fused-ring (bicyclic) bond motifs is 1. The van der Waals surface area contributed by atoms with Crippen molar-refractivity contribution >= 4 is 53.2 Å². The molecule has 0 aliphatic carbocycles. The second kappa shape index (κ2) is 12.7. The van der Waals surface area contributed by atoms with Crippen molar-refractivity contribution in [3.8, 4) is 11.1 Å². The van der Waals surface area contributed by atoms with E-state index in [0.29, 0.717) is 28.9 Å². The molecule has 5 rings (SSSR count). The number of halogens is 1. The number of carbonyl (C=O) groups excluding carboxylic acids is 2. The lowest BCUT2D eigenvalue weighted by atomic mass is 10.0. The molecule has 0 saturated carbocycles. The summed E-state index contributed by atoms with van der Waals surface area (Å²) in [6, 6.07) is 17.3. The number of hydrogen-bond donors (Lipinski definition) is 2. The summed E-state index contributed by atoms with van der Waals surface area (Å²) in [5.74, 6) is -2.72. The van der Waals surface area contributed by atoms with E-state index < -0.39 is 54.9 Å². The maximum atomic E-state index is 13.6. The molecule has 0 radical (unpaired) electrons. The van der Waals surface area contributed by atoms with Crippen LogP contribution in [-0.2, 0) is 35.1 Å². The van der Waals surface area contributed by atoms with Gasteiger partial charge in [-0.25, -0.2) is 31.3 Å². The number of benzene rings is 3. The number of rotatable bonds is 11. The SMILES string of the molecule is COC1CN(C(=O)c2ccc(-c3ccc4nc(C(C(=O)NCCS(N)(=O)=O)S(=O)(=O)Cc5ccc(F)cc5)sc4c3)cc2)C1. The number of sulfone groups is 1. The average molecular weight is 661 g/mol. The van der Waals surface area contributed by atoms with Gasteiger partial charge in [0.15, 0.2) is 15.1 Å². The van der Waals surface area contributed by atoms with Crippen LogP contribution in [0, 0.1) is 5.82 Å². The highest BCUT2D eigenvalue weighted by Gasteiger charge is 2.37. The van der Waals surface area contributed by atoms with E-state index in [1.54, 1.807) is 36.3 Å². The number of thiazole rings is 1. The fraction of sp³-hybridized carbons (Fsp3) is 0.276. The highest BCUT2D eigenvalue weighted by molar-refractivity contribution is 7.91. The minimum atomic E-state index is -4.25. The number of carbonyl (C=O) groups is 2. The van der Waals surface area contributed by atoms with Gasteiger partial charge in [-0.1, -0.05) is 30.3 Å². The summed E-state index contributed by atoms with van der Waals surface area (Å²) in [7, 11) is -6.54. The zero-order valence-electron chi connectivity index (χ0n) is 23.5. The Morgan fingerprint density at radius 3 is 2.34 bits per heavy atom. The topological polar surface area (TPSA) is 166 Å². The van der Waals surface area contributed by atoms with Gasteiger partial charge in [0.1, 0.15) is 10.8 Å². The summed E-state index contributed by atoms with van der Waals surface area (Å²) in [6.07, 6.45) is 0.0555. The third-order valence-electron chi connectivity index (χ3n) is 7.13. The lowest BCUT2D eigenvalue weighted by Gasteiger charge is -2.38. The van der Waals surface area contributed by atoms with Crippen LogP contribution in [0.15, 0.2) is 66.7 Å². The third kappa shape index (κ3) is 7.30. The first kappa shape index (κ1) is 31.7. The molecule has 44 heavy (non-hydrogen) atoms. The van der Waals surface area contributed by atoms with Gasteiger partial charge in [-0.3, -0.25) is 9.59 Å². The number of primary sulfonamides is 1. The van der Waals surface area contributed by atoms with Crippen molar-refractivity contribution < 1.29 is 35.6 Å². The smallest absolute Gasteiger partial charge is 0.254 e. The van der Waals surface area contributed by atoms with Crippen LogP contribution in [0.5, 0.6) is 0 Å². The Morgan fingerprint density at radius 1 is 1.05 bits per heavy atom. The monoisotopic (exact) mass is 660 g/mol. The Hall–Kier alpha value is -3.76. The van der Waals surface area contributed by atoms with E-state index in [0.717, 1.165) is 34.6 Å². The normalized spacial score (nSPS) is 14.8. The van der Waals surface area contributed by atoms with Crippen molar-refractivity contribution in [3.63, 3.8) is 0 Å². The Labute approximate surface area is 257 Å². The van der Waals surface area contributed by atoms with Crippen LogP contribution in [-0.4, -0.2) is 77.1 Å². The summed E-state index contributed by atoms with van der Waals surface area (Å²) in [5, 5.41) is 5.61. The van der Waals surface area contributed by atoms with Gasteiger partial charge in [0.05, 0.1) is 27.8 Å². The van der Waals surface area contributed by atoms with E-state index >= 15 is 0 Å². The number of methoxy groups -OCH3 is 1. The summed E-state index contributed by atoms with van der Waals surface area (Å²) in [5.41, 5.74) is 2.89. The Balaban J connectivity index is 1.41. The molecule has 11 nitrogen and oxygen atoms in total. The minimum absolute atomic E-state index is 0.00257.